The first kappa shape index (κ1) is 16.2. The van der Waals surface area contributed by atoms with Crippen molar-refractivity contribution in [1.29, 1.82) is 0 Å². The van der Waals surface area contributed by atoms with Crippen LogP contribution in [0.5, 0.6) is 0 Å². The minimum absolute atomic E-state index is 0.0899. The molecule has 17 heavy (non-hydrogen) atoms. The molecule has 0 heterocycles. The topological polar surface area (TPSA) is 20.3 Å². The normalized spacial score (nSPS) is 13.9. The molecule has 0 aliphatic rings. The molecular formula is C11H19F4NO. The van der Waals surface area contributed by atoms with Crippen LogP contribution in [0.25, 0.3) is 0 Å². The lowest BCUT2D eigenvalue weighted by Gasteiger charge is -2.31. The summed E-state index contributed by atoms with van der Waals surface area (Å²) < 4.78 is 50.2. The highest BCUT2D eigenvalue weighted by Crippen LogP contribution is 2.27. The molecule has 1 amide bonds. The lowest BCUT2D eigenvalue weighted by atomic mass is 10.1. The van der Waals surface area contributed by atoms with Crippen LogP contribution < -0.4 is 0 Å². The number of nitrogens with zero attached hydrogens (tertiary/aromatic N) is 1. The molecule has 102 valence electrons. The van der Waals surface area contributed by atoms with Crippen LogP contribution in [0.4, 0.5) is 17.6 Å². The van der Waals surface area contributed by atoms with E-state index >= 15 is 0 Å². The van der Waals surface area contributed by atoms with Gasteiger partial charge in [-0.2, -0.15) is 8.78 Å². The molecule has 0 saturated carbocycles. The van der Waals surface area contributed by atoms with Crippen molar-refractivity contribution >= 4 is 5.91 Å². The number of hydrogen-bond donors (Lipinski definition) is 0. The number of carbonyl (C=O) groups excluding carboxylic acids is 1. The number of amides is 1. The zero-order chi connectivity index (χ0) is 13.6. The van der Waals surface area contributed by atoms with Crippen LogP contribution in [0.15, 0.2) is 0 Å². The predicted octanol–water partition coefficient (Wildman–Crippen LogP) is 3.31. The second-order valence-electron chi connectivity index (χ2n) is 4.03. The maximum Gasteiger partial charge on any atom is 0.383 e. The Morgan fingerprint density at radius 2 is 1.82 bits per heavy atom. The Bertz CT molecular complexity index is 246. The summed E-state index contributed by atoms with van der Waals surface area (Å²) in [7, 11) is 0. The zero-order valence-corrected chi connectivity index (χ0v) is 10.4. The molecular weight excluding hydrogens is 238 g/mol. The summed E-state index contributed by atoms with van der Waals surface area (Å²) in [6.45, 7) is 5.23. The summed E-state index contributed by atoms with van der Waals surface area (Å²) in [4.78, 5) is 12.3. The van der Waals surface area contributed by atoms with Crippen molar-refractivity contribution in [2.24, 2.45) is 0 Å². The minimum Gasteiger partial charge on any atom is -0.335 e. The fourth-order valence-electron chi connectivity index (χ4n) is 1.36. The van der Waals surface area contributed by atoms with Gasteiger partial charge < -0.3 is 4.90 Å². The van der Waals surface area contributed by atoms with E-state index in [-0.39, 0.29) is 6.54 Å². The number of carbonyl (C=O) groups is 1. The van der Waals surface area contributed by atoms with E-state index in [2.05, 4.69) is 0 Å². The van der Waals surface area contributed by atoms with Gasteiger partial charge in [-0.25, -0.2) is 8.78 Å². The minimum atomic E-state index is -4.59. The van der Waals surface area contributed by atoms with Crippen LogP contribution in [-0.2, 0) is 4.79 Å². The van der Waals surface area contributed by atoms with Gasteiger partial charge in [-0.05, 0) is 19.8 Å². The fraction of sp³-hybridized carbons (Fsp3) is 0.909. The molecule has 0 aromatic rings. The lowest BCUT2D eigenvalue weighted by molar-refractivity contribution is -0.182. The van der Waals surface area contributed by atoms with Gasteiger partial charge in [0.1, 0.15) is 0 Å². The number of hydrogen-bond acceptors (Lipinski definition) is 1. The van der Waals surface area contributed by atoms with E-state index in [1.807, 2.05) is 6.92 Å². The molecule has 1 atom stereocenters. The fourth-order valence-corrected chi connectivity index (χ4v) is 1.36. The Morgan fingerprint density at radius 3 is 2.18 bits per heavy atom. The zero-order valence-electron chi connectivity index (χ0n) is 10.4. The molecule has 0 spiro atoms. The first-order chi connectivity index (χ1) is 7.78. The third-order valence-corrected chi connectivity index (χ3v) is 2.70. The second kappa shape index (κ2) is 6.81. The van der Waals surface area contributed by atoms with Crippen molar-refractivity contribution in [3.05, 3.63) is 0 Å². The Kier molecular flexibility index (Phi) is 6.49. The summed E-state index contributed by atoms with van der Waals surface area (Å²) in [6.07, 6.45) is -2.27. The lowest BCUT2D eigenvalue weighted by Crippen LogP contribution is -2.51. The Labute approximate surface area is 99.0 Å². The molecule has 0 radical (unpaired) electrons. The molecule has 0 bridgehead atoms. The molecule has 0 saturated heterocycles. The van der Waals surface area contributed by atoms with Gasteiger partial charge in [-0.15, -0.1) is 0 Å². The summed E-state index contributed by atoms with van der Waals surface area (Å²) in [5.74, 6) is -6.35. The molecule has 6 heteroatoms. The highest BCUT2D eigenvalue weighted by Gasteiger charge is 2.51. The van der Waals surface area contributed by atoms with Crippen LogP contribution >= 0.6 is 0 Å². The molecule has 0 aliphatic carbocycles. The van der Waals surface area contributed by atoms with E-state index < -0.39 is 24.3 Å². The summed E-state index contributed by atoms with van der Waals surface area (Å²) >= 11 is 0. The molecule has 2 nitrogen and oxygen atoms in total. The quantitative estimate of drug-likeness (QED) is 0.641. The molecule has 0 aromatic heterocycles. The van der Waals surface area contributed by atoms with Crippen molar-refractivity contribution in [1.82, 2.24) is 4.90 Å². The summed E-state index contributed by atoms with van der Waals surface area (Å²) in [6, 6.07) is -0.460. The van der Waals surface area contributed by atoms with Crippen molar-refractivity contribution in [2.45, 2.75) is 58.4 Å². The molecule has 0 aromatic carbocycles. The number of unbranched alkanes of at least 4 members (excludes halogenated alkanes) is 1. The molecule has 0 N–H and O–H groups in total. The van der Waals surface area contributed by atoms with Gasteiger partial charge in [-0.1, -0.05) is 20.3 Å². The van der Waals surface area contributed by atoms with E-state index in [0.717, 1.165) is 4.90 Å². The van der Waals surface area contributed by atoms with Crippen LogP contribution in [0.1, 0.15) is 40.0 Å². The summed E-state index contributed by atoms with van der Waals surface area (Å²) in [5.41, 5.74) is 0. The van der Waals surface area contributed by atoms with Gasteiger partial charge in [-0.3, -0.25) is 4.79 Å². The summed E-state index contributed by atoms with van der Waals surface area (Å²) in [5, 5.41) is 0. The third-order valence-electron chi connectivity index (χ3n) is 2.70. The van der Waals surface area contributed by atoms with Gasteiger partial charge in [0, 0.05) is 12.6 Å². The first-order valence-electron chi connectivity index (χ1n) is 5.76. The SMILES string of the molecule is CCCCN(C(=O)C(F)(F)C(F)F)C(C)CC. The van der Waals surface area contributed by atoms with E-state index in [9.17, 15) is 22.4 Å². The van der Waals surface area contributed by atoms with E-state index in [1.54, 1.807) is 13.8 Å². The van der Waals surface area contributed by atoms with Crippen LogP contribution in [0.2, 0.25) is 0 Å². The molecule has 0 rings (SSSR count). The number of rotatable bonds is 7. The van der Waals surface area contributed by atoms with Gasteiger partial charge in [0.2, 0.25) is 0 Å². The Balaban J connectivity index is 4.85. The van der Waals surface area contributed by atoms with E-state index in [1.165, 1.54) is 0 Å². The number of alkyl halides is 4. The average Bonchev–Trinajstić information content (AvgIpc) is 2.28. The smallest absolute Gasteiger partial charge is 0.335 e. The highest BCUT2D eigenvalue weighted by atomic mass is 19.3. The van der Waals surface area contributed by atoms with Crippen LogP contribution in [0, 0.1) is 0 Å². The van der Waals surface area contributed by atoms with Gasteiger partial charge in [0.15, 0.2) is 0 Å². The van der Waals surface area contributed by atoms with Crippen LogP contribution in [-0.4, -0.2) is 35.7 Å². The predicted molar refractivity (Wildman–Crippen MR) is 57.3 cm³/mol. The number of halogens is 4. The maximum atomic E-state index is 13.0. The van der Waals surface area contributed by atoms with Crippen molar-refractivity contribution in [3.8, 4) is 0 Å². The first-order valence-corrected chi connectivity index (χ1v) is 5.76. The highest BCUT2D eigenvalue weighted by molar-refractivity contribution is 5.84. The molecule has 1 unspecified atom stereocenters. The van der Waals surface area contributed by atoms with Gasteiger partial charge in [0.05, 0.1) is 0 Å². The standard InChI is InChI=1S/C11H19F4NO/c1-4-6-7-16(8(3)5-2)10(17)11(14,15)9(12)13/h8-9H,4-7H2,1-3H3. The van der Waals surface area contributed by atoms with Crippen LogP contribution in [0.3, 0.4) is 0 Å². The monoisotopic (exact) mass is 257 g/mol. The third kappa shape index (κ3) is 4.16. The van der Waals surface area contributed by atoms with Crippen molar-refractivity contribution in [2.75, 3.05) is 6.54 Å². The van der Waals surface area contributed by atoms with Crippen molar-refractivity contribution < 1.29 is 22.4 Å². The van der Waals surface area contributed by atoms with E-state index in [4.69, 9.17) is 0 Å². The molecule has 0 aliphatic heterocycles. The Morgan fingerprint density at radius 1 is 1.29 bits per heavy atom. The molecule has 0 fully saturated rings. The Hall–Kier alpha value is -0.810. The van der Waals surface area contributed by atoms with Gasteiger partial charge >= 0.3 is 12.3 Å². The second-order valence-corrected chi connectivity index (χ2v) is 4.03. The van der Waals surface area contributed by atoms with E-state index in [0.29, 0.717) is 19.3 Å². The average molecular weight is 257 g/mol. The van der Waals surface area contributed by atoms with Gasteiger partial charge in [0.25, 0.3) is 5.91 Å². The largest absolute Gasteiger partial charge is 0.383 e. The maximum absolute atomic E-state index is 13.0. The van der Waals surface area contributed by atoms with Crippen molar-refractivity contribution in [3.63, 3.8) is 0 Å².